The predicted octanol–water partition coefficient (Wildman–Crippen LogP) is 2.00. The average Bonchev–Trinajstić information content (AvgIpc) is 2.41. The Labute approximate surface area is 116 Å². The molecule has 0 aliphatic heterocycles. The molecule has 0 atom stereocenters. The Hall–Kier alpha value is -1.98. The Morgan fingerprint density at radius 1 is 1.15 bits per heavy atom. The van der Waals surface area contributed by atoms with Gasteiger partial charge in [-0.25, -0.2) is 8.78 Å². The predicted molar refractivity (Wildman–Crippen MR) is 71.2 cm³/mol. The van der Waals surface area contributed by atoms with Crippen LogP contribution in [0.3, 0.4) is 0 Å². The van der Waals surface area contributed by atoms with Crippen molar-refractivity contribution in [3.63, 3.8) is 0 Å². The van der Waals surface area contributed by atoms with Gasteiger partial charge in [0.15, 0.2) is 0 Å². The van der Waals surface area contributed by atoms with Crippen molar-refractivity contribution in [1.29, 1.82) is 0 Å². The van der Waals surface area contributed by atoms with Crippen LogP contribution in [0.25, 0.3) is 0 Å². The summed E-state index contributed by atoms with van der Waals surface area (Å²) >= 11 is 0. The second-order valence-corrected chi connectivity index (χ2v) is 4.33. The smallest absolute Gasteiger partial charge is 0.254 e. The third-order valence-corrected chi connectivity index (χ3v) is 2.61. The van der Waals surface area contributed by atoms with Gasteiger partial charge in [-0.05, 0) is 25.0 Å². The molecule has 0 aliphatic rings. The maximum absolute atomic E-state index is 13.3. The summed E-state index contributed by atoms with van der Waals surface area (Å²) in [6.45, 7) is 2.85. The molecular formula is C14H18F2N2O2. The Morgan fingerprint density at radius 2 is 1.90 bits per heavy atom. The summed E-state index contributed by atoms with van der Waals surface area (Å²) in [5.41, 5.74) is -0.207. The van der Waals surface area contributed by atoms with E-state index in [0.29, 0.717) is 25.5 Å². The number of hydrogen-bond acceptors (Lipinski definition) is 2. The highest BCUT2D eigenvalue weighted by Crippen LogP contribution is 2.09. The molecule has 0 radical (unpaired) electrons. The molecule has 0 saturated carbocycles. The van der Waals surface area contributed by atoms with Gasteiger partial charge < -0.3 is 10.6 Å². The van der Waals surface area contributed by atoms with Crippen molar-refractivity contribution in [3.05, 3.63) is 35.4 Å². The molecule has 20 heavy (non-hydrogen) atoms. The van der Waals surface area contributed by atoms with Gasteiger partial charge in [0.2, 0.25) is 5.91 Å². The van der Waals surface area contributed by atoms with E-state index in [1.165, 1.54) is 0 Å². The Bertz CT molecular complexity index is 478. The lowest BCUT2D eigenvalue weighted by Gasteiger charge is -2.06. The van der Waals surface area contributed by atoms with Gasteiger partial charge >= 0.3 is 0 Å². The Kier molecular flexibility index (Phi) is 6.63. The van der Waals surface area contributed by atoms with Gasteiger partial charge in [0.25, 0.3) is 5.91 Å². The minimum Gasteiger partial charge on any atom is -0.356 e. The number of amides is 2. The first-order valence-corrected chi connectivity index (χ1v) is 6.54. The van der Waals surface area contributed by atoms with Crippen LogP contribution in [0, 0.1) is 11.6 Å². The number of hydrogen-bond donors (Lipinski definition) is 2. The molecule has 110 valence electrons. The lowest BCUT2D eigenvalue weighted by Crippen LogP contribution is -2.28. The second-order valence-electron chi connectivity index (χ2n) is 4.33. The zero-order chi connectivity index (χ0) is 15.0. The fourth-order valence-corrected chi connectivity index (χ4v) is 1.57. The molecule has 4 nitrogen and oxygen atoms in total. The van der Waals surface area contributed by atoms with Crippen molar-refractivity contribution in [2.24, 2.45) is 0 Å². The van der Waals surface area contributed by atoms with E-state index >= 15 is 0 Å². The van der Waals surface area contributed by atoms with Crippen LogP contribution in [-0.2, 0) is 4.79 Å². The fraction of sp³-hybridized carbons (Fsp3) is 0.429. The van der Waals surface area contributed by atoms with Crippen LogP contribution < -0.4 is 10.6 Å². The summed E-state index contributed by atoms with van der Waals surface area (Å²) in [5.74, 6) is -2.32. The van der Waals surface area contributed by atoms with Gasteiger partial charge in [-0.1, -0.05) is 6.92 Å². The second kappa shape index (κ2) is 8.24. The molecule has 0 bridgehead atoms. The third-order valence-electron chi connectivity index (χ3n) is 2.61. The molecule has 1 rings (SSSR count). The van der Waals surface area contributed by atoms with Gasteiger partial charge in [0.1, 0.15) is 11.6 Å². The van der Waals surface area contributed by atoms with Crippen molar-refractivity contribution in [1.82, 2.24) is 10.6 Å². The van der Waals surface area contributed by atoms with Crippen LogP contribution in [0.2, 0.25) is 0 Å². The standard InChI is InChI=1S/C14H18F2N2O2/c1-2-7-17-13(19)4-3-8-18-14(20)11-6-5-10(15)9-12(11)16/h5-6,9H,2-4,7-8H2,1H3,(H,17,19)(H,18,20). The average molecular weight is 284 g/mol. The summed E-state index contributed by atoms with van der Waals surface area (Å²) in [6.07, 6.45) is 1.63. The Balaban J connectivity index is 2.31. The van der Waals surface area contributed by atoms with Crippen LogP contribution in [0.15, 0.2) is 18.2 Å². The summed E-state index contributed by atoms with van der Waals surface area (Å²) in [5, 5.41) is 5.20. The largest absolute Gasteiger partial charge is 0.356 e. The van der Waals surface area contributed by atoms with E-state index in [0.717, 1.165) is 18.6 Å². The summed E-state index contributed by atoms with van der Waals surface area (Å²) in [7, 11) is 0. The molecule has 0 unspecified atom stereocenters. The zero-order valence-electron chi connectivity index (χ0n) is 11.3. The van der Waals surface area contributed by atoms with Gasteiger partial charge in [-0.2, -0.15) is 0 Å². The first-order chi connectivity index (χ1) is 9.54. The molecule has 0 heterocycles. The summed E-state index contributed by atoms with van der Waals surface area (Å²) in [4.78, 5) is 22.9. The lowest BCUT2D eigenvalue weighted by atomic mass is 10.2. The number of nitrogens with one attached hydrogen (secondary N) is 2. The van der Waals surface area contributed by atoms with Crippen molar-refractivity contribution in [3.8, 4) is 0 Å². The Morgan fingerprint density at radius 3 is 2.55 bits per heavy atom. The molecule has 2 amide bonds. The maximum atomic E-state index is 13.3. The normalized spacial score (nSPS) is 10.2. The molecule has 0 fully saturated rings. The zero-order valence-corrected chi connectivity index (χ0v) is 11.3. The van der Waals surface area contributed by atoms with Crippen LogP contribution in [0.5, 0.6) is 0 Å². The van der Waals surface area contributed by atoms with E-state index in [9.17, 15) is 18.4 Å². The topological polar surface area (TPSA) is 58.2 Å². The molecule has 0 aromatic heterocycles. The van der Waals surface area contributed by atoms with E-state index in [1.54, 1.807) is 0 Å². The van der Waals surface area contributed by atoms with Crippen molar-refractivity contribution in [2.75, 3.05) is 13.1 Å². The van der Waals surface area contributed by atoms with Crippen LogP contribution in [0.4, 0.5) is 8.78 Å². The minimum absolute atomic E-state index is 0.0749. The number of rotatable bonds is 7. The van der Waals surface area contributed by atoms with Crippen LogP contribution >= 0.6 is 0 Å². The minimum atomic E-state index is -0.900. The van der Waals surface area contributed by atoms with Gasteiger partial charge in [0.05, 0.1) is 5.56 Å². The quantitative estimate of drug-likeness (QED) is 0.752. The highest BCUT2D eigenvalue weighted by molar-refractivity contribution is 5.94. The lowest BCUT2D eigenvalue weighted by molar-refractivity contribution is -0.121. The summed E-state index contributed by atoms with van der Waals surface area (Å²) in [6, 6.07) is 2.78. The highest BCUT2D eigenvalue weighted by Gasteiger charge is 2.11. The third kappa shape index (κ3) is 5.34. The van der Waals surface area contributed by atoms with Gasteiger partial charge in [0, 0.05) is 25.6 Å². The van der Waals surface area contributed by atoms with Crippen molar-refractivity contribution in [2.45, 2.75) is 26.2 Å². The fourth-order valence-electron chi connectivity index (χ4n) is 1.57. The molecule has 2 N–H and O–H groups in total. The molecule has 6 heteroatoms. The number of halogens is 2. The summed E-state index contributed by atoms with van der Waals surface area (Å²) < 4.78 is 26.0. The SMILES string of the molecule is CCCNC(=O)CCCNC(=O)c1ccc(F)cc1F. The molecular weight excluding hydrogens is 266 g/mol. The molecule has 1 aromatic rings. The molecule has 0 spiro atoms. The maximum Gasteiger partial charge on any atom is 0.254 e. The van der Waals surface area contributed by atoms with E-state index in [-0.39, 0.29) is 18.0 Å². The first kappa shape index (κ1) is 16.1. The number of carbonyl (C=O) groups excluding carboxylic acids is 2. The van der Waals surface area contributed by atoms with E-state index < -0.39 is 17.5 Å². The monoisotopic (exact) mass is 284 g/mol. The van der Waals surface area contributed by atoms with Crippen molar-refractivity contribution < 1.29 is 18.4 Å². The van der Waals surface area contributed by atoms with E-state index in [2.05, 4.69) is 10.6 Å². The van der Waals surface area contributed by atoms with Gasteiger partial charge in [-0.3, -0.25) is 9.59 Å². The molecule has 0 saturated heterocycles. The van der Waals surface area contributed by atoms with Gasteiger partial charge in [-0.15, -0.1) is 0 Å². The van der Waals surface area contributed by atoms with Crippen LogP contribution in [0.1, 0.15) is 36.5 Å². The van der Waals surface area contributed by atoms with Crippen LogP contribution in [-0.4, -0.2) is 24.9 Å². The highest BCUT2D eigenvalue weighted by atomic mass is 19.1. The van der Waals surface area contributed by atoms with Crippen molar-refractivity contribution >= 4 is 11.8 Å². The molecule has 0 aliphatic carbocycles. The number of benzene rings is 1. The van der Waals surface area contributed by atoms with E-state index in [1.807, 2.05) is 6.92 Å². The molecule has 1 aromatic carbocycles. The number of carbonyl (C=O) groups is 2. The first-order valence-electron chi connectivity index (χ1n) is 6.54. The van der Waals surface area contributed by atoms with E-state index in [4.69, 9.17) is 0 Å².